The highest BCUT2D eigenvalue weighted by atomic mass is 16.6. The molecule has 0 aliphatic carbocycles. The van der Waals surface area contributed by atoms with Crippen LogP contribution in [0.5, 0.6) is 11.5 Å². The van der Waals surface area contributed by atoms with Crippen LogP contribution in [-0.2, 0) is 9.53 Å². The molecule has 0 aliphatic rings. The molecule has 1 rings (SSSR count). The maximum atomic E-state index is 11.6. The molecule has 5 nitrogen and oxygen atoms in total. The molecule has 0 heterocycles. The van der Waals surface area contributed by atoms with Crippen molar-refractivity contribution in [2.24, 2.45) is 0 Å². The average Bonchev–Trinajstić information content (AvgIpc) is 2.39. The highest BCUT2D eigenvalue weighted by molar-refractivity contribution is 5.90. The largest absolute Gasteiger partial charge is 0.493 e. The van der Waals surface area contributed by atoms with Crippen molar-refractivity contribution in [2.75, 3.05) is 13.7 Å². The first kappa shape index (κ1) is 15.0. The van der Waals surface area contributed by atoms with Crippen LogP contribution >= 0.6 is 0 Å². The van der Waals surface area contributed by atoms with Crippen LogP contribution in [0.25, 0.3) is 0 Å². The summed E-state index contributed by atoms with van der Waals surface area (Å²) >= 11 is 0. The van der Waals surface area contributed by atoms with E-state index in [1.807, 2.05) is 6.92 Å². The Kier molecular flexibility index (Phi) is 5.85. The molecular formula is C14H18O5. The lowest BCUT2D eigenvalue weighted by molar-refractivity contribution is -0.134. The van der Waals surface area contributed by atoms with Crippen molar-refractivity contribution in [3.05, 3.63) is 23.8 Å². The van der Waals surface area contributed by atoms with Crippen molar-refractivity contribution in [1.29, 1.82) is 0 Å². The van der Waals surface area contributed by atoms with E-state index < -0.39 is 5.97 Å². The van der Waals surface area contributed by atoms with Gasteiger partial charge in [0.25, 0.3) is 0 Å². The van der Waals surface area contributed by atoms with Gasteiger partial charge in [0.1, 0.15) is 0 Å². The van der Waals surface area contributed by atoms with Gasteiger partial charge in [-0.2, -0.15) is 0 Å². The maximum absolute atomic E-state index is 11.6. The van der Waals surface area contributed by atoms with E-state index in [0.717, 1.165) is 0 Å². The van der Waals surface area contributed by atoms with Crippen molar-refractivity contribution in [2.45, 2.75) is 26.7 Å². The summed E-state index contributed by atoms with van der Waals surface area (Å²) in [6.45, 7) is 3.92. The Bertz CT molecular complexity index is 453. The standard InChI is InChI=1S/C14H18O5/c1-4-6-13(15)19-11-8-7-10(9-12(11)17-3)14(16)18-5-2/h7-9H,4-6H2,1-3H3. The molecule has 0 fully saturated rings. The number of ether oxygens (including phenoxy) is 3. The minimum Gasteiger partial charge on any atom is -0.493 e. The van der Waals surface area contributed by atoms with Crippen molar-refractivity contribution >= 4 is 11.9 Å². The summed E-state index contributed by atoms with van der Waals surface area (Å²) in [6.07, 6.45) is 1.05. The number of rotatable bonds is 6. The highest BCUT2D eigenvalue weighted by Gasteiger charge is 2.14. The highest BCUT2D eigenvalue weighted by Crippen LogP contribution is 2.28. The van der Waals surface area contributed by atoms with Crippen LogP contribution in [-0.4, -0.2) is 25.7 Å². The molecule has 19 heavy (non-hydrogen) atoms. The first-order valence-electron chi connectivity index (χ1n) is 6.18. The molecule has 0 saturated heterocycles. The fourth-order valence-electron chi connectivity index (χ4n) is 1.47. The summed E-state index contributed by atoms with van der Waals surface area (Å²) in [5, 5.41) is 0. The normalized spacial score (nSPS) is 9.84. The van der Waals surface area contributed by atoms with Gasteiger partial charge < -0.3 is 14.2 Å². The van der Waals surface area contributed by atoms with E-state index in [1.54, 1.807) is 6.92 Å². The lowest BCUT2D eigenvalue weighted by Gasteiger charge is -2.10. The number of carbonyl (C=O) groups is 2. The van der Waals surface area contributed by atoms with Crippen LogP contribution in [0, 0.1) is 0 Å². The zero-order valence-corrected chi connectivity index (χ0v) is 11.4. The molecule has 0 bridgehead atoms. The number of hydrogen-bond donors (Lipinski definition) is 0. The third-order valence-corrected chi connectivity index (χ3v) is 2.35. The molecule has 0 radical (unpaired) electrons. The molecule has 104 valence electrons. The van der Waals surface area contributed by atoms with Crippen molar-refractivity contribution in [3.63, 3.8) is 0 Å². The number of carbonyl (C=O) groups excluding carboxylic acids is 2. The van der Waals surface area contributed by atoms with Gasteiger partial charge in [-0.05, 0) is 31.5 Å². The first-order valence-corrected chi connectivity index (χ1v) is 6.18. The summed E-state index contributed by atoms with van der Waals surface area (Å²) in [4.78, 5) is 23.0. The second-order valence-corrected chi connectivity index (χ2v) is 3.81. The van der Waals surface area contributed by atoms with Crippen LogP contribution in [0.3, 0.4) is 0 Å². The molecule has 0 saturated carbocycles. The van der Waals surface area contributed by atoms with Gasteiger partial charge in [0.2, 0.25) is 0 Å². The monoisotopic (exact) mass is 266 g/mol. The van der Waals surface area contributed by atoms with Gasteiger partial charge in [-0.3, -0.25) is 4.79 Å². The molecule has 0 aromatic heterocycles. The lowest BCUT2D eigenvalue weighted by atomic mass is 10.2. The fourth-order valence-corrected chi connectivity index (χ4v) is 1.47. The molecule has 0 spiro atoms. The Morgan fingerprint density at radius 1 is 1.16 bits per heavy atom. The fraction of sp³-hybridized carbons (Fsp3) is 0.429. The number of hydrogen-bond acceptors (Lipinski definition) is 5. The van der Waals surface area contributed by atoms with E-state index in [9.17, 15) is 9.59 Å². The van der Waals surface area contributed by atoms with Gasteiger partial charge >= 0.3 is 11.9 Å². The Morgan fingerprint density at radius 3 is 2.47 bits per heavy atom. The Labute approximate surface area is 112 Å². The number of benzene rings is 1. The van der Waals surface area contributed by atoms with Crippen LogP contribution in [0.15, 0.2) is 18.2 Å². The molecule has 0 amide bonds. The van der Waals surface area contributed by atoms with Gasteiger partial charge in [0.05, 0.1) is 19.3 Å². The average molecular weight is 266 g/mol. The molecule has 0 atom stereocenters. The van der Waals surface area contributed by atoms with E-state index in [0.29, 0.717) is 36.5 Å². The zero-order valence-electron chi connectivity index (χ0n) is 11.4. The van der Waals surface area contributed by atoms with Gasteiger partial charge in [-0.15, -0.1) is 0 Å². The number of esters is 2. The second-order valence-electron chi connectivity index (χ2n) is 3.81. The third-order valence-electron chi connectivity index (χ3n) is 2.35. The van der Waals surface area contributed by atoms with Crippen molar-refractivity contribution in [3.8, 4) is 11.5 Å². The Morgan fingerprint density at radius 2 is 1.89 bits per heavy atom. The van der Waals surface area contributed by atoms with Gasteiger partial charge in [0, 0.05) is 6.42 Å². The van der Waals surface area contributed by atoms with E-state index in [1.165, 1.54) is 25.3 Å². The van der Waals surface area contributed by atoms with Crippen molar-refractivity contribution < 1.29 is 23.8 Å². The first-order chi connectivity index (χ1) is 9.12. The van der Waals surface area contributed by atoms with Crippen molar-refractivity contribution in [1.82, 2.24) is 0 Å². The van der Waals surface area contributed by atoms with Crippen LogP contribution in [0.2, 0.25) is 0 Å². The molecule has 5 heteroatoms. The second kappa shape index (κ2) is 7.41. The zero-order chi connectivity index (χ0) is 14.3. The molecule has 0 unspecified atom stereocenters. The van der Waals surface area contributed by atoms with Gasteiger partial charge in [-0.1, -0.05) is 6.92 Å². The summed E-state index contributed by atoms with van der Waals surface area (Å²) in [5.41, 5.74) is 0.356. The number of methoxy groups -OCH3 is 1. The van der Waals surface area contributed by atoms with Crippen LogP contribution < -0.4 is 9.47 Å². The minimum atomic E-state index is -0.438. The van der Waals surface area contributed by atoms with E-state index in [4.69, 9.17) is 14.2 Å². The van der Waals surface area contributed by atoms with E-state index in [2.05, 4.69) is 0 Å². The maximum Gasteiger partial charge on any atom is 0.338 e. The van der Waals surface area contributed by atoms with Crippen LogP contribution in [0.1, 0.15) is 37.0 Å². The Hall–Kier alpha value is -2.04. The molecule has 0 aliphatic heterocycles. The molecule has 1 aromatic rings. The molecule has 1 aromatic carbocycles. The summed E-state index contributed by atoms with van der Waals surface area (Å²) in [6, 6.07) is 4.56. The minimum absolute atomic E-state index is 0.300. The summed E-state index contributed by atoms with van der Waals surface area (Å²) in [5.74, 6) is -0.138. The third kappa shape index (κ3) is 4.28. The van der Waals surface area contributed by atoms with Gasteiger partial charge in [-0.25, -0.2) is 4.79 Å². The summed E-state index contributed by atoms with van der Waals surface area (Å²) in [7, 11) is 1.45. The molecular weight excluding hydrogens is 248 g/mol. The Balaban J connectivity index is 2.90. The summed E-state index contributed by atoms with van der Waals surface area (Å²) < 4.78 is 15.1. The predicted octanol–water partition coefficient (Wildman–Crippen LogP) is 2.58. The quantitative estimate of drug-likeness (QED) is 0.585. The van der Waals surface area contributed by atoms with E-state index >= 15 is 0 Å². The lowest BCUT2D eigenvalue weighted by Crippen LogP contribution is -2.09. The molecule has 0 N–H and O–H groups in total. The van der Waals surface area contributed by atoms with Crippen LogP contribution in [0.4, 0.5) is 0 Å². The topological polar surface area (TPSA) is 61.8 Å². The van der Waals surface area contributed by atoms with E-state index in [-0.39, 0.29) is 5.97 Å². The van der Waals surface area contributed by atoms with Gasteiger partial charge in [0.15, 0.2) is 11.5 Å². The predicted molar refractivity (Wildman–Crippen MR) is 69.5 cm³/mol. The SMILES string of the molecule is CCCC(=O)Oc1ccc(C(=O)OCC)cc1OC. The smallest absolute Gasteiger partial charge is 0.338 e.